The Kier molecular flexibility index (Phi) is 2.98. The highest BCUT2D eigenvalue weighted by molar-refractivity contribution is 9.10. The lowest BCUT2D eigenvalue weighted by atomic mass is 10.2. The van der Waals surface area contributed by atoms with Crippen molar-refractivity contribution in [2.45, 2.75) is 6.92 Å². The third kappa shape index (κ3) is 1.85. The van der Waals surface area contributed by atoms with Gasteiger partial charge in [0, 0.05) is 24.6 Å². The van der Waals surface area contributed by atoms with Crippen molar-refractivity contribution in [1.82, 2.24) is 4.31 Å². The van der Waals surface area contributed by atoms with Gasteiger partial charge in [-0.05, 0) is 40.5 Å². The van der Waals surface area contributed by atoms with E-state index in [1.807, 2.05) is 25.1 Å². The van der Waals surface area contributed by atoms with Crippen LogP contribution in [-0.2, 0) is 10.2 Å². The van der Waals surface area contributed by atoms with Gasteiger partial charge in [0.1, 0.15) is 0 Å². The Morgan fingerprint density at radius 1 is 1.31 bits per heavy atom. The number of nitrogens with zero attached hydrogens (tertiary/aromatic N) is 2. The lowest BCUT2D eigenvalue weighted by molar-refractivity contribution is 0.511. The predicted molar refractivity (Wildman–Crippen MR) is 67.8 cm³/mol. The van der Waals surface area contributed by atoms with Crippen LogP contribution in [0.5, 0.6) is 0 Å². The normalized spacial score (nSPS) is 20.3. The van der Waals surface area contributed by atoms with E-state index in [1.165, 1.54) is 8.61 Å². The van der Waals surface area contributed by atoms with Gasteiger partial charge in [0.05, 0.1) is 5.69 Å². The molecule has 1 aliphatic heterocycles. The van der Waals surface area contributed by atoms with Crippen LogP contribution in [0.1, 0.15) is 5.56 Å². The van der Waals surface area contributed by atoms with Gasteiger partial charge in [-0.1, -0.05) is 6.07 Å². The van der Waals surface area contributed by atoms with E-state index in [1.54, 1.807) is 7.05 Å². The minimum Gasteiger partial charge on any atom is -0.255 e. The topological polar surface area (TPSA) is 40.6 Å². The van der Waals surface area contributed by atoms with E-state index in [-0.39, 0.29) is 0 Å². The maximum absolute atomic E-state index is 12.0. The first-order chi connectivity index (χ1) is 7.43. The summed E-state index contributed by atoms with van der Waals surface area (Å²) in [6.07, 6.45) is 0. The minimum absolute atomic E-state index is 0.500. The van der Waals surface area contributed by atoms with Gasteiger partial charge in [-0.25, -0.2) is 0 Å². The summed E-state index contributed by atoms with van der Waals surface area (Å²) < 4.78 is 27.5. The van der Waals surface area contributed by atoms with Crippen molar-refractivity contribution in [2.75, 3.05) is 24.4 Å². The van der Waals surface area contributed by atoms with Crippen molar-refractivity contribution in [1.29, 1.82) is 0 Å². The summed E-state index contributed by atoms with van der Waals surface area (Å²) in [4.78, 5) is 0. The molecular weight excluding hydrogens is 292 g/mol. The van der Waals surface area contributed by atoms with Gasteiger partial charge >= 0.3 is 10.2 Å². The Hall–Kier alpha value is -0.590. The molecule has 1 aromatic rings. The molecule has 1 aromatic carbocycles. The van der Waals surface area contributed by atoms with Crippen LogP contribution >= 0.6 is 15.9 Å². The number of anilines is 1. The van der Waals surface area contributed by atoms with E-state index < -0.39 is 10.2 Å². The monoisotopic (exact) mass is 304 g/mol. The van der Waals surface area contributed by atoms with E-state index >= 15 is 0 Å². The van der Waals surface area contributed by atoms with Crippen molar-refractivity contribution in [3.8, 4) is 0 Å². The largest absolute Gasteiger partial charge is 0.303 e. The fourth-order valence-electron chi connectivity index (χ4n) is 1.69. The number of hydrogen-bond donors (Lipinski definition) is 0. The molecule has 0 saturated carbocycles. The second-order valence-electron chi connectivity index (χ2n) is 3.86. The molecule has 0 aliphatic carbocycles. The Labute approximate surface area is 104 Å². The molecular formula is C10H13BrN2O2S. The minimum atomic E-state index is -3.32. The van der Waals surface area contributed by atoms with Crippen molar-refractivity contribution < 1.29 is 8.42 Å². The molecule has 0 spiro atoms. The third-order valence-electron chi connectivity index (χ3n) is 2.66. The Balaban J connectivity index is 2.47. The van der Waals surface area contributed by atoms with E-state index in [0.29, 0.717) is 18.8 Å². The summed E-state index contributed by atoms with van der Waals surface area (Å²) in [5, 5.41) is 0. The van der Waals surface area contributed by atoms with Gasteiger partial charge < -0.3 is 0 Å². The molecule has 0 bridgehead atoms. The molecule has 1 heterocycles. The molecule has 88 valence electrons. The summed E-state index contributed by atoms with van der Waals surface area (Å²) >= 11 is 3.40. The smallest absolute Gasteiger partial charge is 0.255 e. The van der Waals surface area contributed by atoms with Gasteiger partial charge in [0.15, 0.2) is 0 Å². The van der Waals surface area contributed by atoms with Crippen LogP contribution in [0.2, 0.25) is 0 Å². The molecule has 4 nitrogen and oxygen atoms in total. The van der Waals surface area contributed by atoms with E-state index in [4.69, 9.17) is 0 Å². The third-order valence-corrected chi connectivity index (χ3v) is 5.20. The van der Waals surface area contributed by atoms with Crippen molar-refractivity contribution in [3.05, 3.63) is 28.2 Å². The van der Waals surface area contributed by atoms with Gasteiger partial charge in [-0.2, -0.15) is 12.7 Å². The first-order valence-electron chi connectivity index (χ1n) is 4.93. The molecule has 0 atom stereocenters. The van der Waals surface area contributed by atoms with Gasteiger partial charge in [0.2, 0.25) is 0 Å². The van der Waals surface area contributed by atoms with Crippen LogP contribution in [0, 0.1) is 6.92 Å². The lowest BCUT2D eigenvalue weighted by Gasteiger charge is -2.19. The number of aryl methyl sites for hydroxylation is 1. The summed E-state index contributed by atoms with van der Waals surface area (Å²) in [6, 6.07) is 5.66. The highest BCUT2D eigenvalue weighted by atomic mass is 79.9. The van der Waals surface area contributed by atoms with Crippen LogP contribution in [-0.4, -0.2) is 32.9 Å². The molecule has 6 heteroatoms. The molecule has 0 radical (unpaired) electrons. The van der Waals surface area contributed by atoms with Crippen LogP contribution in [0.25, 0.3) is 0 Å². The van der Waals surface area contributed by atoms with Gasteiger partial charge in [-0.3, -0.25) is 4.31 Å². The summed E-state index contributed by atoms with van der Waals surface area (Å²) in [6.45, 7) is 3.00. The number of likely N-dealkylation sites (N-methyl/N-ethyl adjacent to an activating group) is 1. The van der Waals surface area contributed by atoms with Crippen molar-refractivity contribution >= 4 is 31.8 Å². The molecule has 2 rings (SSSR count). The number of rotatable bonds is 1. The summed E-state index contributed by atoms with van der Waals surface area (Å²) in [7, 11) is -1.72. The zero-order valence-electron chi connectivity index (χ0n) is 9.14. The predicted octanol–water partition coefficient (Wildman–Crippen LogP) is 1.75. The maximum atomic E-state index is 12.0. The number of halogens is 1. The summed E-state index contributed by atoms with van der Waals surface area (Å²) in [5.41, 5.74) is 1.80. The Morgan fingerprint density at radius 3 is 2.50 bits per heavy atom. The number of benzene rings is 1. The molecule has 16 heavy (non-hydrogen) atoms. The molecule has 1 fully saturated rings. The maximum Gasteiger partial charge on any atom is 0.303 e. The fourth-order valence-corrected chi connectivity index (χ4v) is 3.88. The quantitative estimate of drug-likeness (QED) is 0.793. The highest BCUT2D eigenvalue weighted by Crippen LogP contribution is 2.31. The molecule has 0 amide bonds. The second-order valence-corrected chi connectivity index (χ2v) is 6.67. The number of hydrogen-bond acceptors (Lipinski definition) is 2. The first kappa shape index (κ1) is 11.9. The van der Waals surface area contributed by atoms with E-state index in [9.17, 15) is 8.42 Å². The van der Waals surface area contributed by atoms with Crippen LogP contribution < -0.4 is 4.31 Å². The SMILES string of the molecule is Cc1ccc(N2CCN(C)S2(=O)=O)c(Br)c1. The fraction of sp³-hybridized carbons (Fsp3) is 0.400. The lowest BCUT2D eigenvalue weighted by Crippen LogP contribution is -2.30. The van der Waals surface area contributed by atoms with E-state index in [2.05, 4.69) is 15.9 Å². The highest BCUT2D eigenvalue weighted by Gasteiger charge is 2.34. The first-order valence-corrected chi connectivity index (χ1v) is 7.12. The molecule has 1 aliphatic rings. The van der Waals surface area contributed by atoms with Crippen molar-refractivity contribution in [3.63, 3.8) is 0 Å². The van der Waals surface area contributed by atoms with Crippen LogP contribution in [0.4, 0.5) is 5.69 Å². The van der Waals surface area contributed by atoms with Gasteiger partial charge in [-0.15, -0.1) is 0 Å². The Bertz CT molecular complexity index is 516. The zero-order chi connectivity index (χ0) is 11.9. The average molecular weight is 305 g/mol. The molecule has 0 unspecified atom stereocenters. The van der Waals surface area contributed by atoms with Gasteiger partial charge in [0.25, 0.3) is 0 Å². The molecule has 0 aromatic heterocycles. The standard InChI is InChI=1S/C10H13BrN2O2S/c1-8-3-4-10(9(11)7-8)13-6-5-12(2)16(13,14)15/h3-4,7H,5-6H2,1-2H3. The van der Waals surface area contributed by atoms with Crippen LogP contribution in [0.15, 0.2) is 22.7 Å². The average Bonchev–Trinajstić information content (AvgIpc) is 2.44. The summed E-state index contributed by atoms with van der Waals surface area (Å²) in [5.74, 6) is 0. The zero-order valence-corrected chi connectivity index (χ0v) is 11.5. The molecule has 0 N–H and O–H groups in total. The second kappa shape index (κ2) is 4.01. The molecule has 1 saturated heterocycles. The Morgan fingerprint density at radius 2 is 2.00 bits per heavy atom. The van der Waals surface area contributed by atoms with Crippen molar-refractivity contribution in [2.24, 2.45) is 0 Å². The van der Waals surface area contributed by atoms with E-state index in [0.717, 1.165) is 10.0 Å². The van der Waals surface area contributed by atoms with Crippen LogP contribution in [0.3, 0.4) is 0 Å².